The van der Waals surface area contributed by atoms with Crippen molar-refractivity contribution < 1.29 is 14.4 Å². The fraction of sp³-hybridized carbons (Fsp3) is 0.385. The molecule has 35 heavy (non-hydrogen) atoms. The van der Waals surface area contributed by atoms with Crippen molar-refractivity contribution in [3.05, 3.63) is 75.5 Å². The van der Waals surface area contributed by atoms with Gasteiger partial charge in [-0.15, -0.1) is 11.3 Å². The molecule has 1 aliphatic rings. The quantitative estimate of drug-likeness (QED) is 0.479. The monoisotopic (exact) mass is 493 g/mol. The average Bonchev–Trinajstić information content (AvgIpc) is 3.51. The summed E-state index contributed by atoms with van der Waals surface area (Å²) >= 11 is 1.64. The molecule has 4 rings (SSSR count). The SMILES string of the molecule is CCCN1C(=O)c2c(C(=O)NCCc3cccs3)ncn2CC1(C)C(=O)NCc1ccc(C)cc1. The zero-order valence-electron chi connectivity index (χ0n) is 20.3. The van der Waals surface area contributed by atoms with Crippen LogP contribution in [0.4, 0.5) is 0 Å². The van der Waals surface area contributed by atoms with Gasteiger partial charge in [0.2, 0.25) is 5.91 Å². The Hall–Kier alpha value is -3.46. The number of nitrogens with one attached hydrogen (secondary N) is 2. The highest BCUT2D eigenvalue weighted by molar-refractivity contribution is 7.09. The lowest BCUT2D eigenvalue weighted by Gasteiger charge is -2.43. The second-order valence-corrected chi connectivity index (χ2v) is 10.1. The summed E-state index contributed by atoms with van der Waals surface area (Å²) < 4.78 is 1.63. The molecule has 0 spiro atoms. The van der Waals surface area contributed by atoms with Crippen molar-refractivity contribution in [2.24, 2.45) is 0 Å². The zero-order chi connectivity index (χ0) is 25.0. The van der Waals surface area contributed by atoms with Crippen LogP contribution in [-0.4, -0.2) is 50.8 Å². The molecule has 8 nitrogen and oxygen atoms in total. The third kappa shape index (κ3) is 5.14. The van der Waals surface area contributed by atoms with Crippen molar-refractivity contribution in [2.75, 3.05) is 13.1 Å². The van der Waals surface area contributed by atoms with Crippen molar-refractivity contribution in [2.45, 2.75) is 52.2 Å². The number of nitrogens with zero attached hydrogens (tertiary/aromatic N) is 3. The average molecular weight is 494 g/mol. The van der Waals surface area contributed by atoms with Crippen molar-refractivity contribution in [3.63, 3.8) is 0 Å². The van der Waals surface area contributed by atoms with Crippen LogP contribution in [0.2, 0.25) is 0 Å². The highest BCUT2D eigenvalue weighted by Crippen LogP contribution is 2.29. The maximum Gasteiger partial charge on any atom is 0.273 e. The molecule has 3 amide bonds. The van der Waals surface area contributed by atoms with E-state index in [-0.39, 0.29) is 35.7 Å². The molecule has 2 aromatic heterocycles. The molecule has 0 aliphatic carbocycles. The fourth-order valence-corrected chi connectivity index (χ4v) is 5.05. The first-order valence-electron chi connectivity index (χ1n) is 11.8. The van der Waals surface area contributed by atoms with E-state index in [1.165, 1.54) is 11.2 Å². The lowest BCUT2D eigenvalue weighted by molar-refractivity contribution is -0.133. The van der Waals surface area contributed by atoms with Gasteiger partial charge in [-0.25, -0.2) is 4.98 Å². The molecular formula is C26H31N5O3S. The Morgan fingerprint density at radius 2 is 1.94 bits per heavy atom. The van der Waals surface area contributed by atoms with Gasteiger partial charge in [-0.3, -0.25) is 14.4 Å². The summed E-state index contributed by atoms with van der Waals surface area (Å²) in [5, 5.41) is 7.86. The van der Waals surface area contributed by atoms with Crippen LogP contribution in [0.1, 0.15) is 57.2 Å². The predicted molar refractivity (Wildman–Crippen MR) is 135 cm³/mol. The number of aromatic nitrogens is 2. The molecule has 0 bridgehead atoms. The molecule has 1 unspecified atom stereocenters. The molecule has 0 saturated heterocycles. The van der Waals surface area contributed by atoms with Gasteiger partial charge in [0.05, 0.1) is 12.9 Å². The first-order valence-corrected chi connectivity index (χ1v) is 12.7. The number of fused-ring (bicyclic) bond motifs is 1. The van der Waals surface area contributed by atoms with E-state index in [0.29, 0.717) is 32.5 Å². The van der Waals surface area contributed by atoms with Crippen molar-refractivity contribution in [1.82, 2.24) is 25.1 Å². The van der Waals surface area contributed by atoms with Crippen LogP contribution in [0.15, 0.2) is 48.1 Å². The number of hydrogen-bond donors (Lipinski definition) is 2. The maximum atomic E-state index is 13.6. The number of benzene rings is 1. The number of hydrogen-bond acceptors (Lipinski definition) is 5. The molecular weight excluding hydrogens is 462 g/mol. The lowest BCUT2D eigenvalue weighted by atomic mass is 9.93. The summed E-state index contributed by atoms with van der Waals surface area (Å²) in [5.41, 5.74) is 1.37. The van der Waals surface area contributed by atoms with Gasteiger partial charge in [-0.05, 0) is 43.7 Å². The maximum absolute atomic E-state index is 13.6. The number of aryl methyl sites for hydroxylation is 1. The van der Waals surface area contributed by atoms with Gasteiger partial charge in [0.1, 0.15) is 11.2 Å². The Labute approximate surface area is 209 Å². The molecule has 3 aromatic rings. The Bertz CT molecular complexity index is 1200. The third-order valence-electron chi connectivity index (χ3n) is 6.32. The van der Waals surface area contributed by atoms with Crippen LogP contribution in [0, 0.1) is 6.92 Å². The van der Waals surface area contributed by atoms with Gasteiger partial charge in [0.25, 0.3) is 11.8 Å². The first kappa shape index (κ1) is 24.7. The Morgan fingerprint density at radius 3 is 2.63 bits per heavy atom. The van der Waals surface area contributed by atoms with Gasteiger partial charge >= 0.3 is 0 Å². The third-order valence-corrected chi connectivity index (χ3v) is 7.26. The van der Waals surface area contributed by atoms with Crippen molar-refractivity contribution >= 4 is 29.1 Å². The van der Waals surface area contributed by atoms with E-state index in [0.717, 1.165) is 11.1 Å². The van der Waals surface area contributed by atoms with Crippen LogP contribution in [0.3, 0.4) is 0 Å². The second-order valence-electron chi connectivity index (χ2n) is 9.05. The van der Waals surface area contributed by atoms with Crippen LogP contribution >= 0.6 is 11.3 Å². The van der Waals surface area contributed by atoms with Gasteiger partial charge in [-0.2, -0.15) is 0 Å². The molecule has 1 atom stereocenters. The van der Waals surface area contributed by atoms with Crippen LogP contribution in [0.5, 0.6) is 0 Å². The molecule has 0 fully saturated rings. The normalized spacial score (nSPS) is 17.2. The molecule has 1 aliphatic heterocycles. The predicted octanol–water partition coefficient (Wildman–Crippen LogP) is 3.17. The second kappa shape index (κ2) is 10.4. The molecule has 9 heteroatoms. The number of carbonyl (C=O) groups is 3. The minimum Gasteiger partial charge on any atom is -0.350 e. The van der Waals surface area contributed by atoms with Crippen molar-refractivity contribution in [1.29, 1.82) is 0 Å². The minimum absolute atomic E-state index is 0.101. The molecule has 0 saturated carbocycles. The van der Waals surface area contributed by atoms with E-state index in [1.54, 1.807) is 27.7 Å². The largest absolute Gasteiger partial charge is 0.350 e. The van der Waals surface area contributed by atoms with E-state index < -0.39 is 5.54 Å². The Balaban J connectivity index is 1.50. The topological polar surface area (TPSA) is 96.3 Å². The van der Waals surface area contributed by atoms with Crippen molar-refractivity contribution in [3.8, 4) is 0 Å². The number of imidazole rings is 1. The van der Waals surface area contributed by atoms with E-state index in [1.807, 2.05) is 55.6 Å². The Kier molecular flexibility index (Phi) is 7.35. The lowest BCUT2D eigenvalue weighted by Crippen LogP contribution is -2.64. The van der Waals surface area contributed by atoms with Crippen LogP contribution in [0.25, 0.3) is 0 Å². The highest BCUT2D eigenvalue weighted by Gasteiger charge is 2.48. The molecule has 2 N–H and O–H groups in total. The fourth-order valence-electron chi connectivity index (χ4n) is 4.34. The van der Waals surface area contributed by atoms with Gasteiger partial charge in [-0.1, -0.05) is 42.8 Å². The number of thiophene rings is 1. The summed E-state index contributed by atoms with van der Waals surface area (Å²) in [7, 11) is 0. The van der Waals surface area contributed by atoms with Gasteiger partial charge < -0.3 is 20.1 Å². The van der Waals surface area contributed by atoms with Crippen LogP contribution < -0.4 is 10.6 Å². The zero-order valence-corrected chi connectivity index (χ0v) is 21.2. The number of carbonyl (C=O) groups excluding carboxylic acids is 3. The number of rotatable bonds is 9. The van der Waals surface area contributed by atoms with Gasteiger partial charge in [0, 0.05) is 24.5 Å². The minimum atomic E-state index is -1.10. The standard InChI is InChI=1S/C26H31N5O3S/c1-4-13-31-24(33)22-21(23(32)27-12-11-20-6-5-14-35-20)29-17-30(22)16-26(31,3)25(34)28-15-19-9-7-18(2)8-10-19/h5-10,14,17H,4,11-13,15-16H2,1-3H3,(H,27,32)(H,28,34). The summed E-state index contributed by atoms with van der Waals surface area (Å²) in [6.45, 7) is 7.20. The van der Waals surface area contributed by atoms with E-state index >= 15 is 0 Å². The summed E-state index contributed by atoms with van der Waals surface area (Å²) in [6.07, 6.45) is 2.88. The molecule has 184 valence electrons. The van der Waals surface area contributed by atoms with E-state index in [9.17, 15) is 14.4 Å². The summed E-state index contributed by atoms with van der Waals surface area (Å²) in [5.74, 6) is -0.972. The highest BCUT2D eigenvalue weighted by atomic mass is 32.1. The van der Waals surface area contributed by atoms with Crippen LogP contribution in [-0.2, 0) is 24.3 Å². The number of amides is 3. The molecule has 0 radical (unpaired) electrons. The summed E-state index contributed by atoms with van der Waals surface area (Å²) in [6, 6.07) is 12.0. The van der Waals surface area contributed by atoms with E-state index in [4.69, 9.17) is 0 Å². The smallest absolute Gasteiger partial charge is 0.273 e. The Morgan fingerprint density at radius 1 is 1.17 bits per heavy atom. The summed E-state index contributed by atoms with van der Waals surface area (Å²) in [4.78, 5) is 46.8. The molecule has 3 heterocycles. The van der Waals surface area contributed by atoms with Gasteiger partial charge in [0.15, 0.2) is 5.69 Å². The first-order chi connectivity index (χ1) is 16.8. The molecule has 1 aromatic carbocycles. The van der Waals surface area contributed by atoms with E-state index in [2.05, 4.69) is 15.6 Å².